The van der Waals surface area contributed by atoms with Crippen molar-refractivity contribution in [1.29, 1.82) is 5.26 Å². The monoisotopic (exact) mass is 470 g/mol. The van der Waals surface area contributed by atoms with Gasteiger partial charge in [-0.2, -0.15) is 5.26 Å². The number of carbonyl (C=O) groups is 1. The standard InChI is InChI=1S/C28H32N3O2Si/c1-20-14-24(20)17-34(18-29)19-31-26-9-8-22(21-10-12-33-13-11-21)15-23(26)16-27(31)28(32)30(2)25-6-4-3-5-7-25/h3-9,15-16,20-21,24H,10-14,17,19H2,1-2H3/q+1/t20-,24-/m0/s1. The predicted octanol–water partition coefficient (Wildman–Crippen LogP) is 5.56. The molecule has 1 aromatic heterocycles. The normalized spacial score (nSPS) is 20.1. The van der Waals surface area contributed by atoms with Crippen LogP contribution in [0.3, 0.4) is 0 Å². The number of ether oxygens (including phenoxy) is 1. The highest BCUT2D eigenvalue weighted by molar-refractivity contribution is 6.65. The van der Waals surface area contributed by atoms with Gasteiger partial charge in [-0.15, -0.1) is 0 Å². The number of nitriles is 1. The summed E-state index contributed by atoms with van der Waals surface area (Å²) in [5.41, 5.74) is 6.55. The van der Waals surface area contributed by atoms with Crippen molar-refractivity contribution in [3.05, 3.63) is 65.9 Å². The number of hydrogen-bond acceptors (Lipinski definition) is 3. The summed E-state index contributed by atoms with van der Waals surface area (Å²) in [4.78, 5) is 15.4. The first-order valence-corrected chi connectivity index (χ1v) is 14.3. The number of aromatic nitrogens is 1. The molecule has 1 saturated heterocycles. The molecular weight excluding hydrogens is 438 g/mol. The summed E-state index contributed by atoms with van der Waals surface area (Å²) in [6, 6.07) is 19.4. The zero-order valence-corrected chi connectivity index (χ0v) is 21.0. The van der Waals surface area contributed by atoms with E-state index < -0.39 is 8.80 Å². The van der Waals surface area contributed by atoms with Gasteiger partial charge in [-0.1, -0.05) is 31.2 Å². The predicted molar refractivity (Wildman–Crippen MR) is 137 cm³/mol. The Balaban J connectivity index is 1.51. The van der Waals surface area contributed by atoms with Crippen molar-refractivity contribution in [3.8, 4) is 5.69 Å². The van der Waals surface area contributed by atoms with Crippen molar-refractivity contribution in [2.75, 3.05) is 25.2 Å². The van der Waals surface area contributed by atoms with Crippen LogP contribution in [0.1, 0.15) is 48.2 Å². The Morgan fingerprint density at radius 2 is 1.91 bits per heavy atom. The molecule has 1 aliphatic carbocycles. The number of rotatable bonds is 7. The van der Waals surface area contributed by atoms with Gasteiger partial charge in [-0.05, 0) is 72.9 Å². The van der Waals surface area contributed by atoms with E-state index in [0.29, 0.717) is 23.7 Å². The van der Waals surface area contributed by atoms with Crippen molar-refractivity contribution in [1.82, 2.24) is 4.57 Å². The molecule has 0 unspecified atom stereocenters. The molecule has 6 heteroatoms. The first-order valence-electron chi connectivity index (χ1n) is 12.3. The molecule has 2 atom stereocenters. The minimum atomic E-state index is -1.26. The molecule has 1 aliphatic heterocycles. The lowest BCUT2D eigenvalue weighted by Crippen LogP contribution is -2.30. The molecule has 0 spiro atoms. The number of fused-ring (bicyclic) bond motifs is 1. The molecule has 174 valence electrons. The van der Waals surface area contributed by atoms with Crippen LogP contribution in [0.5, 0.6) is 0 Å². The second-order valence-corrected chi connectivity index (χ2v) is 12.1. The molecular formula is C28H32N3O2Si+. The summed E-state index contributed by atoms with van der Waals surface area (Å²) in [5, 5.41) is 11.1. The Bertz CT molecular complexity index is 1210. The molecule has 2 heterocycles. The summed E-state index contributed by atoms with van der Waals surface area (Å²) >= 11 is 0. The highest BCUT2D eigenvalue weighted by Crippen LogP contribution is 2.42. The largest absolute Gasteiger partial charge is 0.464 e. The summed E-state index contributed by atoms with van der Waals surface area (Å²) in [7, 11) is 0.569. The van der Waals surface area contributed by atoms with Gasteiger partial charge in [0, 0.05) is 31.3 Å². The van der Waals surface area contributed by atoms with Crippen LogP contribution >= 0.6 is 0 Å². The lowest BCUT2D eigenvalue weighted by Gasteiger charge is -2.22. The van der Waals surface area contributed by atoms with Gasteiger partial charge < -0.3 is 14.2 Å². The van der Waals surface area contributed by atoms with Crippen molar-refractivity contribution < 1.29 is 9.53 Å². The van der Waals surface area contributed by atoms with E-state index in [1.165, 1.54) is 12.0 Å². The van der Waals surface area contributed by atoms with Gasteiger partial charge in [0.2, 0.25) is 5.69 Å². The Labute approximate surface area is 203 Å². The zero-order valence-electron chi connectivity index (χ0n) is 20.0. The molecule has 1 amide bonds. The molecule has 2 aliphatic rings. The number of carbonyl (C=O) groups excluding carboxylic acids is 1. The molecule has 34 heavy (non-hydrogen) atoms. The van der Waals surface area contributed by atoms with Gasteiger partial charge in [-0.3, -0.25) is 4.79 Å². The molecule has 5 rings (SSSR count). The van der Waals surface area contributed by atoms with Crippen molar-refractivity contribution in [2.45, 2.75) is 44.3 Å². The SMILES string of the molecule is C[C@H]1C[C@H]1C[Si+](C#N)Cn1c(C(=O)N(C)c2ccccc2)cc2cc(C3CCOCC3)ccc21. The van der Waals surface area contributed by atoms with E-state index in [-0.39, 0.29) is 5.91 Å². The average molecular weight is 471 g/mol. The third kappa shape index (κ3) is 4.68. The van der Waals surface area contributed by atoms with Gasteiger partial charge in [0.15, 0.2) is 6.17 Å². The van der Waals surface area contributed by atoms with Crippen molar-refractivity contribution in [3.63, 3.8) is 0 Å². The van der Waals surface area contributed by atoms with Crippen LogP contribution in [0.2, 0.25) is 6.04 Å². The van der Waals surface area contributed by atoms with Crippen LogP contribution in [0.4, 0.5) is 5.69 Å². The third-order valence-electron chi connectivity index (χ3n) is 7.58. The molecule has 1 saturated carbocycles. The lowest BCUT2D eigenvalue weighted by molar-refractivity contribution is 0.0853. The maximum absolute atomic E-state index is 13.7. The van der Waals surface area contributed by atoms with Crippen LogP contribution in [0, 0.1) is 22.8 Å². The Hall–Kier alpha value is -2.88. The molecule has 0 bridgehead atoms. The van der Waals surface area contributed by atoms with E-state index in [2.05, 4.69) is 35.4 Å². The van der Waals surface area contributed by atoms with Gasteiger partial charge in [0.1, 0.15) is 5.69 Å². The molecule has 0 N–H and O–H groups in total. The quantitative estimate of drug-likeness (QED) is 0.425. The fraction of sp³-hybridized carbons (Fsp3) is 0.429. The highest BCUT2D eigenvalue weighted by Gasteiger charge is 2.43. The zero-order chi connectivity index (χ0) is 23.7. The number of anilines is 1. The van der Waals surface area contributed by atoms with Crippen LogP contribution < -0.4 is 4.90 Å². The van der Waals surface area contributed by atoms with Crippen LogP contribution in [0.25, 0.3) is 10.9 Å². The fourth-order valence-corrected chi connectivity index (χ4v) is 7.41. The molecule has 0 radical (unpaired) electrons. The third-order valence-corrected chi connectivity index (χ3v) is 9.61. The summed E-state index contributed by atoms with van der Waals surface area (Å²) in [6.07, 6.45) is 3.96. The number of para-hydroxylation sites is 1. The van der Waals surface area contributed by atoms with E-state index in [4.69, 9.17) is 4.74 Å². The molecule has 2 fully saturated rings. The minimum absolute atomic E-state index is 0.0332. The van der Waals surface area contributed by atoms with Crippen molar-refractivity contribution >= 4 is 31.3 Å². The smallest absolute Gasteiger partial charge is 0.381 e. The van der Waals surface area contributed by atoms with Gasteiger partial charge in [0.05, 0.1) is 11.6 Å². The van der Waals surface area contributed by atoms with Crippen LogP contribution in [-0.2, 0) is 10.9 Å². The van der Waals surface area contributed by atoms with E-state index in [9.17, 15) is 10.1 Å². The average Bonchev–Trinajstić information content (AvgIpc) is 3.46. The van der Waals surface area contributed by atoms with Gasteiger partial charge in [0.25, 0.3) is 5.91 Å². The number of nitrogens with zero attached hydrogens (tertiary/aromatic N) is 3. The molecule has 2 aromatic carbocycles. The lowest BCUT2D eigenvalue weighted by atomic mass is 9.91. The van der Waals surface area contributed by atoms with Crippen LogP contribution in [0.15, 0.2) is 54.6 Å². The number of hydrogen-bond donors (Lipinski definition) is 0. The first kappa shape index (κ1) is 22.9. The fourth-order valence-electron chi connectivity index (χ4n) is 5.20. The Morgan fingerprint density at radius 1 is 1.18 bits per heavy atom. The highest BCUT2D eigenvalue weighted by atomic mass is 28.3. The van der Waals surface area contributed by atoms with Crippen LogP contribution in [-0.4, -0.2) is 39.5 Å². The van der Waals surface area contributed by atoms with E-state index >= 15 is 0 Å². The first-order chi connectivity index (χ1) is 16.5. The van der Waals surface area contributed by atoms with Gasteiger partial charge in [-0.25, -0.2) is 0 Å². The Kier molecular flexibility index (Phi) is 6.58. The van der Waals surface area contributed by atoms with E-state index in [1.54, 1.807) is 4.90 Å². The van der Waals surface area contributed by atoms with E-state index in [1.807, 2.05) is 43.4 Å². The molecule has 5 nitrogen and oxygen atoms in total. The number of amides is 1. The molecule has 3 aromatic rings. The van der Waals surface area contributed by atoms with E-state index in [0.717, 1.165) is 54.6 Å². The number of benzene rings is 2. The topological polar surface area (TPSA) is 58.3 Å². The van der Waals surface area contributed by atoms with Gasteiger partial charge >= 0.3 is 8.80 Å². The summed E-state index contributed by atoms with van der Waals surface area (Å²) < 4.78 is 7.68. The maximum Gasteiger partial charge on any atom is 0.464 e. The summed E-state index contributed by atoms with van der Waals surface area (Å²) in [6.45, 7) is 3.89. The Morgan fingerprint density at radius 3 is 2.59 bits per heavy atom. The summed E-state index contributed by atoms with van der Waals surface area (Å²) in [5.74, 6) is 1.89. The van der Waals surface area contributed by atoms with Crippen molar-refractivity contribution in [2.24, 2.45) is 11.8 Å². The maximum atomic E-state index is 13.7. The second kappa shape index (κ2) is 9.77. The second-order valence-electron chi connectivity index (χ2n) is 9.91. The minimum Gasteiger partial charge on any atom is -0.381 e.